The van der Waals surface area contributed by atoms with Crippen LogP contribution in [0.2, 0.25) is 0 Å². The van der Waals surface area contributed by atoms with E-state index < -0.39 is 4.92 Å². The average Bonchev–Trinajstić information content (AvgIpc) is 3.19. The molecule has 1 amide bonds. The van der Waals surface area contributed by atoms with Crippen molar-refractivity contribution in [3.63, 3.8) is 0 Å². The molecule has 21 heavy (non-hydrogen) atoms. The number of nitro groups is 1. The number of carbonyl (C=O) groups is 1. The summed E-state index contributed by atoms with van der Waals surface area (Å²) >= 11 is 0. The van der Waals surface area contributed by atoms with E-state index in [9.17, 15) is 14.9 Å². The van der Waals surface area contributed by atoms with E-state index in [1.54, 1.807) is 0 Å². The van der Waals surface area contributed by atoms with E-state index in [0.29, 0.717) is 37.1 Å². The van der Waals surface area contributed by atoms with Gasteiger partial charge in [-0.05, 0) is 12.3 Å². The predicted molar refractivity (Wildman–Crippen MR) is 74.6 cm³/mol. The fourth-order valence-electron chi connectivity index (χ4n) is 2.36. The highest BCUT2D eigenvalue weighted by Gasteiger charge is 2.39. The molecule has 3 rings (SSSR count). The summed E-state index contributed by atoms with van der Waals surface area (Å²) in [5.74, 6) is 0.874. The Kier molecular flexibility index (Phi) is 3.40. The van der Waals surface area contributed by atoms with Crippen molar-refractivity contribution in [3.8, 4) is 11.5 Å². The van der Waals surface area contributed by atoms with Gasteiger partial charge < -0.3 is 14.8 Å². The second-order valence-electron chi connectivity index (χ2n) is 5.43. The molecule has 2 atom stereocenters. The van der Waals surface area contributed by atoms with Crippen molar-refractivity contribution in [2.45, 2.75) is 19.8 Å². The van der Waals surface area contributed by atoms with Crippen molar-refractivity contribution < 1.29 is 19.2 Å². The molecule has 7 nitrogen and oxygen atoms in total. The van der Waals surface area contributed by atoms with Gasteiger partial charge in [0.25, 0.3) is 5.69 Å². The molecule has 112 valence electrons. The zero-order chi connectivity index (χ0) is 15.0. The molecule has 0 bridgehead atoms. The van der Waals surface area contributed by atoms with Gasteiger partial charge in [-0.1, -0.05) is 6.92 Å². The summed E-state index contributed by atoms with van der Waals surface area (Å²) in [7, 11) is 0. The number of nitrogens with one attached hydrogen (secondary N) is 1. The summed E-state index contributed by atoms with van der Waals surface area (Å²) in [6.45, 7) is 2.92. The Morgan fingerprint density at radius 3 is 2.52 bits per heavy atom. The first-order chi connectivity index (χ1) is 10.1. The number of ether oxygens (including phenoxy) is 2. The smallest absolute Gasteiger partial charge is 0.296 e. The molecule has 1 aromatic rings. The van der Waals surface area contributed by atoms with Crippen LogP contribution in [0.1, 0.15) is 19.8 Å². The van der Waals surface area contributed by atoms with E-state index >= 15 is 0 Å². The second kappa shape index (κ2) is 5.23. The van der Waals surface area contributed by atoms with E-state index in [-0.39, 0.29) is 23.2 Å². The van der Waals surface area contributed by atoms with Crippen LogP contribution < -0.4 is 14.8 Å². The summed E-state index contributed by atoms with van der Waals surface area (Å²) in [6.07, 6.45) is 1.54. The van der Waals surface area contributed by atoms with Crippen LogP contribution in [0.15, 0.2) is 12.1 Å². The number of hydrogen-bond donors (Lipinski definition) is 1. The van der Waals surface area contributed by atoms with Gasteiger partial charge in [-0.15, -0.1) is 0 Å². The highest BCUT2D eigenvalue weighted by molar-refractivity contribution is 5.96. The quantitative estimate of drug-likeness (QED) is 0.682. The molecule has 1 aromatic carbocycles. The minimum absolute atomic E-state index is 0.0550. The zero-order valence-electron chi connectivity index (χ0n) is 11.6. The van der Waals surface area contributed by atoms with Crippen molar-refractivity contribution >= 4 is 17.3 Å². The van der Waals surface area contributed by atoms with Gasteiger partial charge in [0.05, 0.1) is 24.2 Å². The van der Waals surface area contributed by atoms with Gasteiger partial charge in [-0.3, -0.25) is 14.9 Å². The summed E-state index contributed by atoms with van der Waals surface area (Å²) in [6, 6.07) is 2.79. The largest absolute Gasteiger partial charge is 0.489 e. The molecule has 1 fully saturated rings. The molecule has 0 radical (unpaired) electrons. The number of nitro benzene ring substituents is 1. The number of fused-ring (bicyclic) bond motifs is 1. The van der Waals surface area contributed by atoms with Crippen LogP contribution in [0.4, 0.5) is 11.4 Å². The maximum atomic E-state index is 12.0. The standard InChI is InChI=1S/C14H16N2O5/c1-8-5-9(8)14(17)15-10-6-12-13(7-11(10)16(18)19)21-4-2-3-20-12/h6-9H,2-5H2,1H3,(H,15,17)/t8-,9+/m0/s1. The summed E-state index contributed by atoms with van der Waals surface area (Å²) in [5.41, 5.74) is -0.0192. The molecule has 0 saturated heterocycles. The molecule has 1 aliphatic carbocycles. The van der Waals surface area contributed by atoms with Gasteiger partial charge in [0.15, 0.2) is 11.5 Å². The lowest BCUT2D eigenvalue weighted by Crippen LogP contribution is -2.15. The maximum Gasteiger partial charge on any atom is 0.296 e. The lowest BCUT2D eigenvalue weighted by atomic mass is 10.2. The number of rotatable bonds is 3. The fraction of sp³-hybridized carbons (Fsp3) is 0.500. The molecule has 0 unspecified atom stereocenters. The fourth-order valence-corrected chi connectivity index (χ4v) is 2.36. The Labute approximate surface area is 121 Å². The lowest BCUT2D eigenvalue weighted by Gasteiger charge is -2.11. The van der Waals surface area contributed by atoms with Crippen LogP contribution in [-0.2, 0) is 4.79 Å². The molecular weight excluding hydrogens is 276 g/mol. The highest BCUT2D eigenvalue weighted by Crippen LogP contribution is 2.42. The Balaban J connectivity index is 1.91. The number of nitrogens with zero attached hydrogens (tertiary/aromatic N) is 1. The van der Waals surface area contributed by atoms with Crippen molar-refractivity contribution in [3.05, 3.63) is 22.2 Å². The van der Waals surface area contributed by atoms with E-state index in [4.69, 9.17) is 9.47 Å². The first kappa shape index (κ1) is 13.7. The molecule has 1 N–H and O–H groups in total. The summed E-state index contributed by atoms with van der Waals surface area (Å²) < 4.78 is 10.9. The number of anilines is 1. The first-order valence-electron chi connectivity index (χ1n) is 6.95. The van der Waals surface area contributed by atoms with Crippen molar-refractivity contribution in [2.24, 2.45) is 11.8 Å². The molecule has 1 saturated carbocycles. The molecule has 2 aliphatic rings. The third kappa shape index (κ3) is 2.76. The van der Waals surface area contributed by atoms with E-state index in [2.05, 4.69) is 5.32 Å². The van der Waals surface area contributed by atoms with Crippen LogP contribution in [0, 0.1) is 22.0 Å². The van der Waals surface area contributed by atoms with Crippen molar-refractivity contribution in [1.29, 1.82) is 0 Å². The van der Waals surface area contributed by atoms with E-state index in [1.807, 2.05) is 6.92 Å². The van der Waals surface area contributed by atoms with Crippen LogP contribution >= 0.6 is 0 Å². The van der Waals surface area contributed by atoms with Crippen molar-refractivity contribution in [2.75, 3.05) is 18.5 Å². The van der Waals surface area contributed by atoms with Gasteiger partial charge in [-0.25, -0.2) is 0 Å². The van der Waals surface area contributed by atoms with Gasteiger partial charge in [0, 0.05) is 18.4 Å². The molecule has 1 aliphatic heterocycles. The van der Waals surface area contributed by atoms with Gasteiger partial charge in [0.2, 0.25) is 5.91 Å². The lowest BCUT2D eigenvalue weighted by molar-refractivity contribution is -0.384. The Morgan fingerprint density at radius 2 is 1.95 bits per heavy atom. The van der Waals surface area contributed by atoms with Crippen molar-refractivity contribution in [1.82, 2.24) is 0 Å². The van der Waals surface area contributed by atoms with Crippen LogP contribution in [-0.4, -0.2) is 24.0 Å². The molecular formula is C14H16N2O5. The minimum Gasteiger partial charge on any atom is -0.489 e. The third-order valence-electron chi connectivity index (χ3n) is 3.77. The summed E-state index contributed by atoms with van der Waals surface area (Å²) in [4.78, 5) is 22.6. The minimum atomic E-state index is -0.527. The number of hydrogen-bond acceptors (Lipinski definition) is 5. The molecule has 1 heterocycles. The monoisotopic (exact) mass is 292 g/mol. The predicted octanol–water partition coefficient (Wildman–Crippen LogP) is 2.35. The van der Waals surface area contributed by atoms with Gasteiger partial charge >= 0.3 is 0 Å². The normalized spacial score (nSPS) is 23.1. The summed E-state index contributed by atoms with van der Waals surface area (Å²) in [5, 5.41) is 13.8. The van der Waals surface area contributed by atoms with Crippen LogP contribution in [0.3, 0.4) is 0 Å². The maximum absolute atomic E-state index is 12.0. The first-order valence-corrected chi connectivity index (χ1v) is 6.95. The SMILES string of the molecule is C[C@H]1C[C@H]1C(=O)Nc1cc2c(cc1[N+](=O)[O-])OCCCO2. The zero-order valence-corrected chi connectivity index (χ0v) is 11.6. The van der Waals surface area contributed by atoms with E-state index in [0.717, 1.165) is 6.42 Å². The molecule has 7 heteroatoms. The van der Waals surface area contributed by atoms with Crippen LogP contribution in [0.25, 0.3) is 0 Å². The Morgan fingerprint density at radius 1 is 1.33 bits per heavy atom. The topological polar surface area (TPSA) is 90.7 Å². The Hall–Kier alpha value is -2.31. The van der Waals surface area contributed by atoms with Crippen LogP contribution in [0.5, 0.6) is 11.5 Å². The number of benzene rings is 1. The highest BCUT2D eigenvalue weighted by atomic mass is 16.6. The average molecular weight is 292 g/mol. The molecule has 0 spiro atoms. The number of amides is 1. The molecule has 0 aromatic heterocycles. The van der Waals surface area contributed by atoms with Gasteiger partial charge in [0.1, 0.15) is 5.69 Å². The Bertz CT molecular complexity index is 601. The third-order valence-corrected chi connectivity index (χ3v) is 3.77. The second-order valence-corrected chi connectivity index (χ2v) is 5.43. The van der Waals surface area contributed by atoms with E-state index in [1.165, 1.54) is 12.1 Å². The van der Waals surface area contributed by atoms with Gasteiger partial charge in [-0.2, -0.15) is 0 Å². The number of carbonyl (C=O) groups excluding carboxylic acids is 1.